The van der Waals surface area contributed by atoms with Crippen LogP contribution >= 0.6 is 0 Å². The minimum atomic E-state index is -1.21. The van der Waals surface area contributed by atoms with Gasteiger partial charge in [-0.3, -0.25) is 0 Å². The number of anilines is 1. The topological polar surface area (TPSA) is 140 Å². The molecule has 1 saturated heterocycles. The van der Waals surface area contributed by atoms with Gasteiger partial charge >= 0.3 is 137 Å². The molecule has 0 spiro atoms. The molecule has 1 fully saturated rings. The first kappa shape index (κ1) is 16.3. The zero-order valence-electron chi connectivity index (χ0n) is 12.1. The van der Waals surface area contributed by atoms with E-state index >= 15 is 0 Å². The molecule has 3 rings (SSSR count). The SMILES string of the molecule is C=CC[Se]c1nc(N)nc2c1ncn2C1OC(CO)C(O)C1O. The van der Waals surface area contributed by atoms with E-state index in [1.807, 2.05) is 0 Å². The summed E-state index contributed by atoms with van der Waals surface area (Å²) in [5.41, 5.74) is 6.77. The summed E-state index contributed by atoms with van der Waals surface area (Å²) < 4.78 is 7.75. The van der Waals surface area contributed by atoms with E-state index in [4.69, 9.17) is 10.5 Å². The molecule has 1 aliphatic rings. The van der Waals surface area contributed by atoms with Gasteiger partial charge in [0.15, 0.2) is 0 Å². The fourth-order valence-corrected chi connectivity index (χ4v) is 3.94. The molecule has 23 heavy (non-hydrogen) atoms. The molecule has 0 bridgehead atoms. The normalized spacial score (nSPS) is 27.6. The molecule has 2 aromatic heterocycles. The Kier molecular flexibility index (Phi) is 4.62. The molecule has 10 heteroatoms. The number of nitrogens with zero attached hydrogens (tertiary/aromatic N) is 4. The van der Waals surface area contributed by atoms with E-state index < -0.39 is 31.1 Å². The number of aromatic nitrogens is 4. The Morgan fingerprint density at radius 2 is 2.17 bits per heavy atom. The van der Waals surface area contributed by atoms with Gasteiger partial charge in [0.1, 0.15) is 0 Å². The first-order valence-electron chi connectivity index (χ1n) is 6.93. The number of rotatable bonds is 5. The van der Waals surface area contributed by atoms with E-state index in [1.54, 1.807) is 6.08 Å². The number of ether oxygens (including phenoxy) is 1. The molecule has 5 N–H and O–H groups in total. The molecule has 2 aromatic rings. The summed E-state index contributed by atoms with van der Waals surface area (Å²) >= 11 is 0.0124. The number of fused-ring (bicyclic) bond motifs is 1. The van der Waals surface area contributed by atoms with Gasteiger partial charge in [-0.1, -0.05) is 0 Å². The predicted molar refractivity (Wildman–Crippen MR) is 83.1 cm³/mol. The number of allylic oxidation sites excluding steroid dienone is 1. The van der Waals surface area contributed by atoms with Gasteiger partial charge in [-0.15, -0.1) is 0 Å². The van der Waals surface area contributed by atoms with Crippen LogP contribution in [0.3, 0.4) is 0 Å². The molecule has 3 heterocycles. The summed E-state index contributed by atoms with van der Waals surface area (Å²) in [6, 6.07) is 0. The standard InChI is InChI=1S/C13H17N5O4Se/c1-2-3-23-11-7-10(16-13(14)17-11)18(5-15-7)12-9(21)8(20)6(4-19)22-12/h2,5-6,8-9,12,19-21H,1,3-4H2,(H2,14,16,17). The molecule has 4 unspecified atom stereocenters. The van der Waals surface area contributed by atoms with Crippen molar-refractivity contribution in [1.82, 2.24) is 19.5 Å². The molecule has 0 aromatic carbocycles. The second-order valence-corrected chi connectivity index (χ2v) is 7.16. The molecule has 0 radical (unpaired) electrons. The third-order valence-corrected chi connectivity index (χ3v) is 5.55. The summed E-state index contributed by atoms with van der Waals surface area (Å²) in [5.74, 6) is 0.104. The number of imidazole rings is 1. The molecular weight excluding hydrogens is 369 g/mol. The Bertz CT molecular complexity index is 724. The minimum absolute atomic E-state index is 0.0124. The van der Waals surface area contributed by atoms with Crippen molar-refractivity contribution >= 4 is 36.7 Å². The number of hydrogen-bond donors (Lipinski definition) is 4. The second kappa shape index (κ2) is 6.52. The van der Waals surface area contributed by atoms with Crippen LogP contribution in [0.2, 0.25) is 5.32 Å². The molecule has 124 valence electrons. The van der Waals surface area contributed by atoms with E-state index in [2.05, 4.69) is 21.5 Å². The second-order valence-electron chi connectivity index (χ2n) is 5.04. The Balaban J connectivity index is 2.02. The van der Waals surface area contributed by atoms with Crippen LogP contribution in [0, 0.1) is 0 Å². The van der Waals surface area contributed by atoms with E-state index in [0.29, 0.717) is 11.2 Å². The third kappa shape index (κ3) is 2.85. The van der Waals surface area contributed by atoms with Crippen LogP contribution in [0.15, 0.2) is 19.0 Å². The van der Waals surface area contributed by atoms with Gasteiger partial charge in [0.05, 0.1) is 0 Å². The van der Waals surface area contributed by atoms with Gasteiger partial charge in [-0.05, 0) is 0 Å². The zero-order valence-corrected chi connectivity index (χ0v) is 13.8. The van der Waals surface area contributed by atoms with E-state index in [9.17, 15) is 15.3 Å². The van der Waals surface area contributed by atoms with E-state index in [0.717, 1.165) is 9.91 Å². The Hall–Kier alpha value is -1.55. The number of hydrogen-bond acceptors (Lipinski definition) is 8. The monoisotopic (exact) mass is 387 g/mol. The van der Waals surface area contributed by atoms with Crippen LogP contribution < -0.4 is 10.3 Å². The maximum absolute atomic E-state index is 10.2. The molecule has 0 aliphatic carbocycles. The third-order valence-electron chi connectivity index (χ3n) is 3.54. The van der Waals surface area contributed by atoms with Crippen molar-refractivity contribution in [3.63, 3.8) is 0 Å². The van der Waals surface area contributed by atoms with Crippen LogP contribution in [0.1, 0.15) is 6.23 Å². The average Bonchev–Trinajstić information content (AvgIpc) is 3.07. The van der Waals surface area contributed by atoms with Gasteiger partial charge in [-0.25, -0.2) is 0 Å². The predicted octanol–water partition coefficient (Wildman–Crippen LogP) is -2.05. The summed E-state index contributed by atoms with van der Waals surface area (Å²) in [4.78, 5) is 12.7. The van der Waals surface area contributed by atoms with Crippen LogP contribution in [-0.4, -0.2) is 74.7 Å². The molecule has 9 nitrogen and oxygen atoms in total. The van der Waals surface area contributed by atoms with Crippen molar-refractivity contribution in [3.05, 3.63) is 19.0 Å². The first-order chi connectivity index (χ1) is 11.1. The van der Waals surface area contributed by atoms with E-state index in [-0.39, 0.29) is 20.9 Å². The summed E-state index contributed by atoms with van der Waals surface area (Å²) in [7, 11) is 0. The number of nitrogens with two attached hydrogens (primary N) is 1. The van der Waals surface area contributed by atoms with Gasteiger partial charge in [0.2, 0.25) is 0 Å². The van der Waals surface area contributed by atoms with Gasteiger partial charge in [0, 0.05) is 0 Å². The van der Waals surface area contributed by atoms with Gasteiger partial charge < -0.3 is 0 Å². The van der Waals surface area contributed by atoms with Gasteiger partial charge in [0.25, 0.3) is 0 Å². The van der Waals surface area contributed by atoms with Crippen molar-refractivity contribution in [2.75, 3.05) is 12.3 Å². The number of nitrogen functional groups attached to an aromatic ring is 1. The molecular formula is C13H17N5O4Se. The fraction of sp³-hybridized carbons (Fsp3) is 0.462. The Morgan fingerprint density at radius 3 is 2.83 bits per heavy atom. The van der Waals surface area contributed by atoms with Crippen molar-refractivity contribution in [2.45, 2.75) is 29.9 Å². The molecule has 0 saturated carbocycles. The van der Waals surface area contributed by atoms with Crippen LogP contribution in [0.4, 0.5) is 5.95 Å². The number of aliphatic hydroxyl groups is 3. The van der Waals surface area contributed by atoms with Crippen molar-refractivity contribution in [3.8, 4) is 0 Å². The summed E-state index contributed by atoms with van der Waals surface area (Å²) in [6.07, 6.45) is -0.897. The van der Waals surface area contributed by atoms with Gasteiger partial charge in [-0.2, -0.15) is 0 Å². The first-order valence-corrected chi connectivity index (χ1v) is 8.99. The Morgan fingerprint density at radius 1 is 1.39 bits per heavy atom. The fourth-order valence-electron chi connectivity index (χ4n) is 2.44. The van der Waals surface area contributed by atoms with Crippen molar-refractivity contribution in [1.29, 1.82) is 0 Å². The molecule has 4 atom stereocenters. The van der Waals surface area contributed by atoms with Crippen LogP contribution in [0.25, 0.3) is 11.2 Å². The maximum atomic E-state index is 10.2. The van der Waals surface area contributed by atoms with Crippen molar-refractivity contribution < 1.29 is 20.1 Å². The Labute approximate surface area is 138 Å². The summed E-state index contributed by atoms with van der Waals surface area (Å²) in [6.45, 7) is 3.30. The van der Waals surface area contributed by atoms with Crippen LogP contribution in [0.5, 0.6) is 0 Å². The summed E-state index contributed by atoms with van der Waals surface area (Å²) in [5, 5.41) is 30.0. The quantitative estimate of drug-likeness (QED) is 0.340. The van der Waals surface area contributed by atoms with Crippen LogP contribution in [-0.2, 0) is 4.74 Å². The zero-order chi connectivity index (χ0) is 16.6. The molecule has 0 amide bonds. The van der Waals surface area contributed by atoms with E-state index in [1.165, 1.54) is 10.9 Å². The van der Waals surface area contributed by atoms with Crippen molar-refractivity contribution in [2.24, 2.45) is 0 Å². The molecule has 1 aliphatic heterocycles. The number of aliphatic hydroxyl groups excluding tert-OH is 3. The average molecular weight is 386 g/mol.